The molecule has 0 atom stereocenters. The van der Waals surface area contributed by atoms with Gasteiger partial charge in [-0.1, -0.05) is 127 Å². The normalized spacial score (nSPS) is 13.6. The van der Waals surface area contributed by atoms with Crippen LogP contribution in [0, 0.1) is 0 Å². The van der Waals surface area contributed by atoms with Gasteiger partial charge in [0.2, 0.25) is 0 Å². The van der Waals surface area contributed by atoms with Gasteiger partial charge in [0, 0.05) is 42.8 Å². The maximum atomic E-state index is 5.27. The first-order valence-corrected chi connectivity index (χ1v) is 16.0. The fraction of sp³-hybridized carbons (Fsp3) is 0.0500. The van der Waals surface area contributed by atoms with E-state index in [-0.39, 0.29) is 0 Å². The van der Waals surface area contributed by atoms with E-state index in [2.05, 4.69) is 103 Å². The number of fused-ring (bicyclic) bond motifs is 4. The number of benzene rings is 5. The van der Waals surface area contributed by atoms with Crippen molar-refractivity contribution in [1.29, 1.82) is 0 Å². The molecule has 0 unspecified atom stereocenters. The molecule has 0 N–H and O–H groups in total. The molecule has 212 valence electrons. The van der Waals surface area contributed by atoms with Crippen LogP contribution in [0.25, 0.3) is 72.4 Å². The lowest BCUT2D eigenvalue weighted by Gasteiger charge is -2.20. The first-order chi connectivity index (χ1) is 22.3. The largest absolute Gasteiger partial charge is 0.247 e. The minimum Gasteiger partial charge on any atom is -0.247 e. The van der Waals surface area contributed by atoms with E-state index in [0.29, 0.717) is 17.5 Å². The van der Waals surface area contributed by atoms with Crippen LogP contribution in [0.1, 0.15) is 18.7 Å². The Labute approximate surface area is 265 Å². The van der Waals surface area contributed by atoms with Crippen molar-refractivity contribution in [3.05, 3.63) is 139 Å². The molecule has 0 bridgehead atoms. The Morgan fingerprint density at radius 1 is 0.511 bits per heavy atom. The molecule has 2 aliphatic rings. The fourth-order valence-electron chi connectivity index (χ4n) is 6.30. The molecule has 0 radical (unpaired) electrons. The van der Waals surface area contributed by atoms with E-state index in [1.165, 1.54) is 31.5 Å². The predicted octanol–water partition coefficient (Wildman–Crippen LogP) is 10.4. The maximum Gasteiger partial charge on any atom is 0.164 e. The van der Waals surface area contributed by atoms with Crippen molar-refractivity contribution in [2.75, 3.05) is 0 Å². The van der Waals surface area contributed by atoms with Crippen molar-refractivity contribution in [2.24, 2.45) is 0 Å². The summed E-state index contributed by atoms with van der Waals surface area (Å²) in [5, 5.41) is 3.67. The second-order valence-electron chi connectivity index (χ2n) is 11.4. The van der Waals surface area contributed by atoms with Gasteiger partial charge in [0.15, 0.2) is 17.5 Å². The van der Waals surface area contributed by atoms with Crippen molar-refractivity contribution >= 4 is 39.0 Å². The van der Waals surface area contributed by atoms with Crippen LogP contribution in [0.15, 0.2) is 143 Å². The topological polar surface area (TPSA) is 51.6 Å². The molecule has 2 aromatic heterocycles. The average molecular weight is 595 g/mol. The highest BCUT2D eigenvalue weighted by atomic mass is 32.2. The molecule has 5 heteroatoms. The van der Waals surface area contributed by atoms with Gasteiger partial charge in [-0.2, -0.15) is 0 Å². The van der Waals surface area contributed by atoms with E-state index >= 15 is 0 Å². The third-order valence-corrected chi connectivity index (χ3v) is 9.68. The lowest BCUT2D eigenvalue weighted by atomic mass is 9.97. The lowest BCUT2D eigenvalue weighted by molar-refractivity contribution is 1.01. The van der Waals surface area contributed by atoms with Gasteiger partial charge < -0.3 is 0 Å². The van der Waals surface area contributed by atoms with Crippen LogP contribution in [0.4, 0.5) is 0 Å². The predicted molar refractivity (Wildman–Crippen MR) is 185 cm³/mol. The monoisotopic (exact) mass is 594 g/mol. The summed E-state index contributed by atoms with van der Waals surface area (Å²) >= 11 is 1.83. The second-order valence-corrected chi connectivity index (χ2v) is 12.4. The first-order valence-electron chi connectivity index (χ1n) is 15.2. The number of hydrogen-bond acceptors (Lipinski definition) is 5. The van der Waals surface area contributed by atoms with E-state index in [4.69, 9.17) is 19.9 Å². The van der Waals surface area contributed by atoms with E-state index in [9.17, 15) is 0 Å². The third-order valence-electron chi connectivity index (χ3n) is 8.54. The quantitative estimate of drug-likeness (QED) is 0.190. The molecule has 45 heavy (non-hydrogen) atoms. The Kier molecular flexibility index (Phi) is 6.17. The summed E-state index contributed by atoms with van der Waals surface area (Å²) in [6.45, 7) is 0. The van der Waals surface area contributed by atoms with Crippen LogP contribution in [-0.2, 0) is 0 Å². The number of pyridine rings is 1. The molecule has 0 saturated heterocycles. The molecule has 4 nitrogen and oxygen atoms in total. The van der Waals surface area contributed by atoms with Crippen LogP contribution in [0.3, 0.4) is 0 Å². The number of allylic oxidation sites excluding steroid dienone is 4. The summed E-state index contributed by atoms with van der Waals surface area (Å²) in [7, 11) is 0. The summed E-state index contributed by atoms with van der Waals surface area (Å²) in [6.07, 6.45) is 8.54. The van der Waals surface area contributed by atoms with Gasteiger partial charge in [0.1, 0.15) is 0 Å². The molecule has 0 amide bonds. The van der Waals surface area contributed by atoms with Crippen LogP contribution >= 0.6 is 11.8 Å². The van der Waals surface area contributed by atoms with Gasteiger partial charge in [-0.05, 0) is 47.6 Å². The SMILES string of the molecule is C1=CC(c2nc(-c3ccccc3)nc(-c3ccc(-c4ccc5c(c4)nc4c6c(cccc65)Sc5ccccc5-4)cc3)n2)=CCC1. The fourth-order valence-corrected chi connectivity index (χ4v) is 7.41. The van der Waals surface area contributed by atoms with E-state index in [0.717, 1.165) is 51.9 Å². The van der Waals surface area contributed by atoms with Crippen LogP contribution in [0.5, 0.6) is 0 Å². The zero-order chi connectivity index (χ0) is 29.7. The van der Waals surface area contributed by atoms with Gasteiger partial charge in [0.05, 0.1) is 11.2 Å². The number of rotatable bonds is 4. The summed E-state index contributed by atoms with van der Waals surface area (Å²) in [6, 6.07) is 40.4. The highest BCUT2D eigenvalue weighted by Gasteiger charge is 2.22. The van der Waals surface area contributed by atoms with E-state index < -0.39 is 0 Å². The van der Waals surface area contributed by atoms with Gasteiger partial charge in [-0.3, -0.25) is 0 Å². The highest BCUT2D eigenvalue weighted by Crippen LogP contribution is 2.48. The van der Waals surface area contributed by atoms with Crippen LogP contribution in [-0.4, -0.2) is 19.9 Å². The molecule has 1 aliphatic carbocycles. The highest BCUT2D eigenvalue weighted by molar-refractivity contribution is 7.99. The lowest BCUT2D eigenvalue weighted by Crippen LogP contribution is -2.03. The van der Waals surface area contributed by atoms with Gasteiger partial charge in [-0.15, -0.1) is 0 Å². The van der Waals surface area contributed by atoms with Crippen molar-refractivity contribution in [3.8, 4) is 45.2 Å². The second kappa shape index (κ2) is 10.7. The molecule has 0 saturated carbocycles. The summed E-state index contributed by atoms with van der Waals surface area (Å²) < 4.78 is 0. The van der Waals surface area contributed by atoms with E-state index in [1.54, 1.807) is 0 Å². The molecule has 5 aromatic carbocycles. The smallest absolute Gasteiger partial charge is 0.164 e. The van der Waals surface area contributed by atoms with Gasteiger partial charge in [0.25, 0.3) is 0 Å². The van der Waals surface area contributed by atoms with Gasteiger partial charge >= 0.3 is 0 Å². The average Bonchev–Trinajstić information content (AvgIpc) is 3.12. The minimum atomic E-state index is 0.670. The third kappa shape index (κ3) is 4.55. The standard InChI is InChI=1S/C40H26N4S/c1-3-10-26(11-4-1)38-42-39(27-12-5-2-6-13-27)44-40(43-38)28-20-18-25(19-21-28)29-22-23-30-31-15-9-17-35-36(31)37(41-33(30)24-29)32-14-7-8-16-34(32)45-35/h1,3-5,7-24H,2,6H2. The van der Waals surface area contributed by atoms with Crippen molar-refractivity contribution < 1.29 is 0 Å². The molecule has 0 fully saturated rings. The molecule has 0 spiro atoms. The Morgan fingerprint density at radius 2 is 1.22 bits per heavy atom. The zero-order valence-corrected chi connectivity index (χ0v) is 25.1. The molecule has 7 aromatic rings. The Hall–Kier alpha value is -5.39. The summed E-state index contributed by atoms with van der Waals surface area (Å²) in [5.74, 6) is 2.06. The summed E-state index contributed by atoms with van der Waals surface area (Å²) in [4.78, 5) is 22.5. The maximum absolute atomic E-state index is 5.27. The van der Waals surface area contributed by atoms with Gasteiger partial charge in [-0.25, -0.2) is 19.9 Å². The van der Waals surface area contributed by atoms with E-state index in [1.807, 2.05) is 42.1 Å². The molecular formula is C40H26N4S. The first kappa shape index (κ1) is 26.1. The summed E-state index contributed by atoms with van der Waals surface area (Å²) in [5.41, 5.74) is 8.49. The number of hydrogen-bond donors (Lipinski definition) is 0. The number of nitrogens with zero attached hydrogens (tertiary/aromatic N) is 4. The number of aromatic nitrogens is 4. The van der Waals surface area contributed by atoms with Crippen molar-refractivity contribution in [2.45, 2.75) is 22.6 Å². The molecule has 1 aliphatic heterocycles. The minimum absolute atomic E-state index is 0.670. The Morgan fingerprint density at radius 3 is 2.04 bits per heavy atom. The molecular weight excluding hydrogens is 569 g/mol. The Bertz CT molecular complexity index is 2340. The zero-order valence-electron chi connectivity index (χ0n) is 24.3. The Balaban J connectivity index is 1.13. The molecule has 3 heterocycles. The van der Waals surface area contributed by atoms with Crippen molar-refractivity contribution in [1.82, 2.24) is 19.9 Å². The van der Waals surface area contributed by atoms with Crippen molar-refractivity contribution in [3.63, 3.8) is 0 Å². The van der Waals surface area contributed by atoms with Crippen LogP contribution < -0.4 is 0 Å². The molecule has 9 rings (SSSR count). The van der Waals surface area contributed by atoms with Crippen LogP contribution in [0.2, 0.25) is 0 Å².